The van der Waals surface area contributed by atoms with Crippen LogP contribution in [0.2, 0.25) is 0 Å². The van der Waals surface area contributed by atoms with Crippen molar-refractivity contribution < 1.29 is 0 Å². The van der Waals surface area contributed by atoms with Crippen LogP contribution in [0.3, 0.4) is 0 Å². The molecule has 6 nitrogen and oxygen atoms in total. The van der Waals surface area contributed by atoms with Gasteiger partial charge in [-0.3, -0.25) is 9.48 Å². The van der Waals surface area contributed by atoms with Crippen molar-refractivity contribution >= 4 is 21.6 Å². The van der Waals surface area contributed by atoms with Crippen LogP contribution in [0.15, 0.2) is 47.5 Å². The van der Waals surface area contributed by atoms with E-state index in [0.717, 1.165) is 46.1 Å². The minimum absolute atomic E-state index is 0.0357. The highest BCUT2D eigenvalue weighted by Crippen LogP contribution is 2.25. The molecule has 3 aromatic heterocycles. The highest BCUT2D eigenvalue weighted by Gasteiger charge is 2.11. The van der Waals surface area contributed by atoms with E-state index in [2.05, 4.69) is 44.6 Å². The summed E-state index contributed by atoms with van der Waals surface area (Å²) >= 11 is 1.59. The molecule has 0 saturated carbocycles. The molecule has 7 heteroatoms. The molecule has 0 bridgehead atoms. The average molecular weight is 394 g/mol. The van der Waals surface area contributed by atoms with Gasteiger partial charge in [-0.25, -0.2) is 4.98 Å². The molecule has 4 rings (SSSR count). The van der Waals surface area contributed by atoms with E-state index in [4.69, 9.17) is 0 Å². The quantitative estimate of drug-likeness (QED) is 0.473. The van der Waals surface area contributed by atoms with Crippen LogP contribution in [0.1, 0.15) is 27.4 Å². The molecule has 0 aliphatic heterocycles. The Bertz CT molecular complexity index is 1140. The summed E-state index contributed by atoms with van der Waals surface area (Å²) in [5.74, 6) is 0.732. The zero-order chi connectivity index (χ0) is 19.5. The molecular weight excluding hydrogens is 370 g/mol. The largest absolute Gasteiger partial charge is 0.312 e. The molecule has 0 amide bonds. The molecular formula is C21H23N5OS. The van der Waals surface area contributed by atoms with Crippen LogP contribution in [0.25, 0.3) is 10.2 Å². The molecule has 1 aromatic carbocycles. The first-order valence-electron chi connectivity index (χ1n) is 9.35. The molecule has 0 unspecified atom stereocenters. The number of H-pyrrole nitrogens is 1. The van der Waals surface area contributed by atoms with Crippen LogP contribution < -0.4 is 10.9 Å². The lowest BCUT2D eigenvalue weighted by atomic mass is 10.1. The van der Waals surface area contributed by atoms with Gasteiger partial charge in [0.2, 0.25) is 0 Å². The summed E-state index contributed by atoms with van der Waals surface area (Å²) in [5, 5.41) is 8.48. The predicted octanol–water partition coefficient (Wildman–Crippen LogP) is 3.18. The van der Waals surface area contributed by atoms with Gasteiger partial charge in [0.05, 0.1) is 11.9 Å². The number of aryl methyl sites for hydroxylation is 2. The molecule has 2 N–H and O–H groups in total. The summed E-state index contributed by atoms with van der Waals surface area (Å²) in [6, 6.07) is 10.3. The Balaban J connectivity index is 1.39. The maximum Gasteiger partial charge on any atom is 0.259 e. The number of benzene rings is 1. The van der Waals surface area contributed by atoms with Gasteiger partial charge in [-0.05, 0) is 36.6 Å². The highest BCUT2D eigenvalue weighted by atomic mass is 32.1. The van der Waals surface area contributed by atoms with Crippen LogP contribution >= 0.6 is 11.3 Å². The number of rotatable bonds is 7. The second-order valence-electron chi connectivity index (χ2n) is 6.88. The van der Waals surface area contributed by atoms with Gasteiger partial charge in [0, 0.05) is 36.8 Å². The van der Waals surface area contributed by atoms with E-state index in [-0.39, 0.29) is 5.56 Å². The third kappa shape index (κ3) is 3.90. The normalized spacial score (nSPS) is 11.4. The summed E-state index contributed by atoms with van der Waals surface area (Å²) in [6.07, 6.45) is 4.45. The Morgan fingerprint density at radius 1 is 1.18 bits per heavy atom. The highest BCUT2D eigenvalue weighted by molar-refractivity contribution is 7.18. The zero-order valence-corrected chi connectivity index (χ0v) is 16.8. The molecule has 0 spiro atoms. The molecule has 0 aliphatic carbocycles. The van der Waals surface area contributed by atoms with Crippen molar-refractivity contribution in [2.75, 3.05) is 6.54 Å². The predicted molar refractivity (Wildman–Crippen MR) is 113 cm³/mol. The topological polar surface area (TPSA) is 75.6 Å². The van der Waals surface area contributed by atoms with Crippen LogP contribution in [0, 0.1) is 13.8 Å². The van der Waals surface area contributed by atoms with Crippen molar-refractivity contribution in [3.63, 3.8) is 0 Å². The van der Waals surface area contributed by atoms with Crippen LogP contribution in [-0.4, -0.2) is 26.3 Å². The number of hydrogen-bond donors (Lipinski definition) is 2. The summed E-state index contributed by atoms with van der Waals surface area (Å²) in [6.45, 7) is 6.28. The first kappa shape index (κ1) is 18.6. The summed E-state index contributed by atoms with van der Waals surface area (Å²) in [5.41, 5.74) is 3.49. The fourth-order valence-electron chi connectivity index (χ4n) is 3.30. The van der Waals surface area contributed by atoms with E-state index in [0.29, 0.717) is 6.42 Å². The van der Waals surface area contributed by atoms with Gasteiger partial charge >= 0.3 is 0 Å². The number of nitrogens with zero attached hydrogens (tertiary/aromatic N) is 3. The van der Waals surface area contributed by atoms with Crippen molar-refractivity contribution in [3.8, 4) is 0 Å². The molecule has 4 aromatic rings. The van der Waals surface area contributed by atoms with Gasteiger partial charge in [-0.15, -0.1) is 11.3 Å². The monoisotopic (exact) mass is 393 g/mol. The number of nitrogens with one attached hydrogen (secondary N) is 2. The van der Waals surface area contributed by atoms with Gasteiger partial charge < -0.3 is 10.3 Å². The maximum absolute atomic E-state index is 12.4. The Morgan fingerprint density at radius 2 is 2.00 bits per heavy atom. The molecule has 0 aliphatic rings. The van der Waals surface area contributed by atoms with Crippen molar-refractivity contribution in [1.82, 2.24) is 25.1 Å². The van der Waals surface area contributed by atoms with Crippen LogP contribution in [0.4, 0.5) is 0 Å². The van der Waals surface area contributed by atoms with E-state index in [1.807, 2.05) is 30.8 Å². The lowest BCUT2D eigenvalue weighted by Gasteiger charge is -2.11. The lowest BCUT2D eigenvalue weighted by molar-refractivity contribution is 0.648. The number of aromatic nitrogens is 4. The molecule has 0 saturated heterocycles. The fourth-order valence-corrected chi connectivity index (χ4v) is 4.35. The van der Waals surface area contributed by atoms with E-state index in [1.165, 1.54) is 11.1 Å². The van der Waals surface area contributed by atoms with Crippen molar-refractivity contribution in [3.05, 3.63) is 80.5 Å². The van der Waals surface area contributed by atoms with Crippen molar-refractivity contribution in [2.24, 2.45) is 0 Å². The minimum Gasteiger partial charge on any atom is -0.312 e. The molecule has 0 atom stereocenters. The van der Waals surface area contributed by atoms with Crippen LogP contribution in [-0.2, 0) is 19.5 Å². The molecule has 0 radical (unpaired) electrons. The standard InChI is InChI=1S/C21H23N5OS/c1-14-15(2)28-21-19(14)20(27)24-18(25-21)8-10-22-12-16-6-3-4-7-17(16)13-26-11-5-9-23-26/h3-7,9,11,22H,8,10,12-13H2,1-2H3,(H,24,25,27). The average Bonchev–Trinajstić information content (AvgIpc) is 3.28. The fraction of sp³-hybridized carbons (Fsp3) is 0.286. The Morgan fingerprint density at radius 3 is 2.79 bits per heavy atom. The SMILES string of the molecule is Cc1sc2nc(CCNCc3ccccc3Cn3cccn3)[nH]c(=O)c2c1C. The van der Waals surface area contributed by atoms with E-state index in [1.54, 1.807) is 17.5 Å². The Hall–Kier alpha value is -2.77. The third-order valence-electron chi connectivity index (χ3n) is 4.95. The van der Waals surface area contributed by atoms with E-state index < -0.39 is 0 Å². The van der Waals surface area contributed by atoms with Crippen molar-refractivity contribution in [1.29, 1.82) is 0 Å². The van der Waals surface area contributed by atoms with Gasteiger partial charge in [0.1, 0.15) is 10.7 Å². The molecule has 3 heterocycles. The second kappa shape index (κ2) is 8.08. The smallest absolute Gasteiger partial charge is 0.259 e. The summed E-state index contributed by atoms with van der Waals surface area (Å²) < 4.78 is 1.92. The Labute approximate surface area is 167 Å². The minimum atomic E-state index is -0.0357. The van der Waals surface area contributed by atoms with Crippen molar-refractivity contribution in [2.45, 2.75) is 33.4 Å². The van der Waals surface area contributed by atoms with E-state index in [9.17, 15) is 4.79 Å². The number of hydrogen-bond acceptors (Lipinski definition) is 5. The molecule has 0 fully saturated rings. The third-order valence-corrected chi connectivity index (χ3v) is 6.05. The Kier molecular flexibility index (Phi) is 5.36. The molecule has 144 valence electrons. The lowest BCUT2D eigenvalue weighted by Crippen LogP contribution is -2.20. The van der Waals surface area contributed by atoms with Gasteiger partial charge in [0.25, 0.3) is 5.56 Å². The number of aromatic amines is 1. The summed E-state index contributed by atoms with van der Waals surface area (Å²) in [7, 11) is 0. The van der Waals surface area contributed by atoms with Gasteiger partial charge in [0.15, 0.2) is 0 Å². The number of thiophene rings is 1. The second-order valence-corrected chi connectivity index (χ2v) is 8.08. The number of fused-ring (bicyclic) bond motifs is 1. The van der Waals surface area contributed by atoms with Gasteiger partial charge in [-0.1, -0.05) is 24.3 Å². The maximum atomic E-state index is 12.4. The first-order chi connectivity index (χ1) is 13.6. The summed E-state index contributed by atoms with van der Waals surface area (Å²) in [4.78, 5) is 21.9. The van der Waals surface area contributed by atoms with Crippen LogP contribution in [0.5, 0.6) is 0 Å². The zero-order valence-electron chi connectivity index (χ0n) is 16.0. The van der Waals surface area contributed by atoms with Gasteiger partial charge in [-0.2, -0.15) is 5.10 Å². The molecule has 28 heavy (non-hydrogen) atoms. The van der Waals surface area contributed by atoms with E-state index >= 15 is 0 Å². The first-order valence-corrected chi connectivity index (χ1v) is 10.2.